The lowest BCUT2D eigenvalue weighted by Gasteiger charge is -2.50. The lowest BCUT2D eigenvalue weighted by atomic mass is 9.71. The Hall–Kier alpha value is -3.93. The number of hydrogen-bond acceptors (Lipinski definition) is 7. The minimum atomic E-state index is -0.919. The summed E-state index contributed by atoms with van der Waals surface area (Å²) in [6.07, 6.45) is 2.18. The highest BCUT2D eigenvalue weighted by Crippen LogP contribution is 2.45. The van der Waals surface area contributed by atoms with Gasteiger partial charge in [0.25, 0.3) is 5.91 Å². The summed E-state index contributed by atoms with van der Waals surface area (Å²) in [6, 6.07) is 8.88. The molecule has 0 aliphatic carbocycles. The molecule has 0 bridgehead atoms. The van der Waals surface area contributed by atoms with Gasteiger partial charge in [-0.05, 0) is 33.3 Å². The van der Waals surface area contributed by atoms with Gasteiger partial charge in [-0.3, -0.25) is 19.1 Å². The molecule has 3 atom stereocenters. The SMILES string of the molecule is CNC(=O)[C@@H](NC(=O)C1CN(C(=O)c2cnn(Cc3ccccc3)c2)CC12CN(C(=O)OC(C)(C)C)C2)[C@@H](C)OC. The molecule has 1 spiro atoms. The van der Waals surface area contributed by atoms with E-state index in [1.54, 1.807) is 48.4 Å². The number of amides is 4. The highest BCUT2D eigenvalue weighted by molar-refractivity contribution is 5.95. The van der Waals surface area contributed by atoms with E-state index in [1.165, 1.54) is 20.4 Å². The van der Waals surface area contributed by atoms with E-state index in [1.807, 2.05) is 30.3 Å². The number of benzene rings is 1. The third-order valence-electron chi connectivity index (χ3n) is 7.65. The molecule has 222 valence electrons. The topological polar surface area (TPSA) is 135 Å². The molecule has 4 rings (SSSR count). The van der Waals surface area contributed by atoms with E-state index in [9.17, 15) is 19.2 Å². The number of hydrogen-bond donors (Lipinski definition) is 2. The zero-order chi connectivity index (χ0) is 29.9. The zero-order valence-electron chi connectivity index (χ0n) is 24.5. The van der Waals surface area contributed by atoms with Crippen molar-refractivity contribution in [1.29, 1.82) is 0 Å². The number of rotatable bonds is 8. The number of aromatic nitrogens is 2. The highest BCUT2D eigenvalue weighted by atomic mass is 16.6. The molecule has 1 aromatic heterocycles. The van der Waals surface area contributed by atoms with Gasteiger partial charge in [0.05, 0.1) is 30.3 Å². The Bertz CT molecular complexity index is 1270. The molecule has 0 radical (unpaired) electrons. The average molecular weight is 569 g/mol. The van der Waals surface area contributed by atoms with Crippen molar-refractivity contribution in [2.75, 3.05) is 40.3 Å². The summed E-state index contributed by atoms with van der Waals surface area (Å²) < 4.78 is 12.5. The molecule has 0 saturated carbocycles. The molecule has 12 heteroatoms. The van der Waals surface area contributed by atoms with Crippen LogP contribution in [-0.2, 0) is 25.6 Å². The number of likely N-dealkylation sites (N-methyl/N-ethyl adjacent to an activating group) is 1. The summed E-state index contributed by atoms with van der Waals surface area (Å²) in [7, 11) is 2.96. The Balaban J connectivity index is 1.53. The van der Waals surface area contributed by atoms with Crippen LogP contribution in [0.25, 0.3) is 0 Å². The molecule has 2 N–H and O–H groups in total. The standard InChI is InChI=1S/C29H40N6O6/c1-19(40-6)23(25(37)30-5)32-24(36)22-15-33(16-29(22)17-34(18-29)27(39)41-28(2,3)4)26(38)21-12-31-35(14-21)13-20-10-8-7-9-11-20/h7-12,14,19,22-23H,13,15-18H2,1-6H3,(H,30,37)(H,32,36)/t19-,22?,23+/m1/s1. The second kappa shape index (κ2) is 11.9. The van der Waals surface area contributed by atoms with E-state index in [0.717, 1.165) is 5.56 Å². The summed E-state index contributed by atoms with van der Waals surface area (Å²) in [5.74, 6) is -1.66. The predicted molar refractivity (Wildman–Crippen MR) is 150 cm³/mol. The summed E-state index contributed by atoms with van der Waals surface area (Å²) in [6.45, 7) is 8.51. The van der Waals surface area contributed by atoms with Crippen molar-refractivity contribution < 1.29 is 28.7 Å². The van der Waals surface area contributed by atoms with Crippen molar-refractivity contribution in [1.82, 2.24) is 30.2 Å². The Kier molecular flexibility index (Phi) is 8.71. The smallest absolute Gasteiger partial charge is 0.410 e. The van der Waals surface area contributed by atoms with Gasteiger partial charge in [0.2, 0.25) is 11.8 Å². The lowest BCUT2D eigenvalue weighted by molar-refractivity contribution is -0.138. The van der Waals surface area contributed by atoms with Crippen LogP contribution >= 0.6 is 0 Å². The number of carbonyl (C=O) groups excluding carboxylic acids is 4. The van der Waals surface area contributed by atoms with Crippen molar-refractivity contribution in [2.45, 2.75) is 52.0 Å². The summed E-state index contributed by atoms with van der Waals surface area (Å²) in [5.41, 5.74) is 0.127. The van der Waals surface area contributed by atoms with Crippen LogP contribution in [0, 0.1) is 11.3 Å². The van der Waals surface area contributed by atoms with E-state index < -0.39 is 35.2 Å². The molecule has 1 aromatic carbocycles. The maximum Gasteiger partial charge on any atom is 0.410 e. The zero-order valence-corrected chi connectivity index (χ0v) is 24.5. The number of carbonyl (C=O) groups is 4. The third kappa shape index (κ3) is 6.70. The van der Waals surface area contributed by atoms with Crippen molar-refractivity contribution in [2.24, 2.45) is 11.3 Å². The Morgan fingerprint density at radius 2 is 1.76 bits per heavy atom. The second-order valence-corrected chi connectivity index (χ2v) is 11.9. The van der Waals surface area contributed by atoms with Crippen molar-refractivity contribution >= 4 is 23.8 Å². The van der Waals surface area contributed by atoms with Gasteiger partial charge in [-0.25, -0.2) is 4.79 Å². The first-order chi connectivity index (χ1) is 19.4. The molecule has 2 aliphatic rings. The first-order valence-electron chi connectivity index (χ1n) is 13.7. The summed E-state index contributed by atoms with van der Waals surface area (Å²) in [5, 5.41) is 9.75. The Labute approximate surface area is 240 Å². The number of methoxy groups -OCH3 is 1. The summed E-state index contributed by atoms with van der Waals surface area (Å²) in [4.78, 5) is 55.7. The first kappa shape index (κ1) is 30.0. The Morgan fingerprint density at radius 1 is 1.10 bits per heavy atom. The Morgan fingerprint density at radius 3 is 2.37 bits per heavy atom. The number of nitrogens with one attached hydrogen (secondary N) is 2. The van der Waals surface area contributed by atoms with E-state index in [-0.39, 0.29) is 43.9 Å². The van der Waals surface area contributed by atoms with Crippen molar-refractivity contribution in [3.8, 4) is 0 Å². The molecule has 4 amide bonds. The van der Waals surface area contributed by atoms with Gasteiger partial charge in [0.15, 0.2) is 0 Å². The van der Waals surface area contributed by atoms with Gasteiger partial charge < -0.3 is 29.9 Å². The quantitative estimate of drug-likeness (QED) is 0.493. The second-order valence-electron chi connectivity index (χ2n) is 11.9. The van der Waals surface area contributed by atoms with Crippen LogP contribution in [0.1, 0.15) is 43.6 Å². The fourth-order valence-corrected chi connectivity index (χ4v) is 5.43. The fourth-order valence-electron chi connectivity index (χ4n) is 5.43. The predicted octanol–water partition coefficient (Wildman–Crippen LogP) is 1.51. The molecule has 2 aromatic rings. The van der Waals surface area contributed by atoms with E-state index in [4.69, 9.17) is 9.47 Å². The number of likely N-dealkylation sites (tertiary alicyclic amines) is 2. The molecule has 1 unspecified atom stereocenters. The molecule has 12 nitrogen and oxygen atoms in total. The minimum Gasteiger partial charge on any atom is -0.444 e. The van der Waals surface area contributed by atoms with Crippen LogP contribution in [0.2, 0.25) is 0 Å². The van der Waals surface area contributed by atoms with Crippen LogP contribution in [0.3, 0.4) is 0 Å². The first-order valence-corrected chi connectivity index (χ1v) is 13.7. The van der Waals surface area contributed by atoms with E-state index >= 15 is 0 Å². The maximum absolute atomic E-state index is 13.7. The average Bonchev–Trinajstić information content (AvgIpc) is 3.54. The van der Waals surface area contributed by atoms with Gasteiger partial charge in [-0.1, -0.05) is 30.3 Å². The molecule has 2 fully saturated rings. The van der Waals surface area contributed by atoms with Gasteiger partial charge in [-0.15, -0.1) is 0 Å². The molecule has 41 heavy (non-hydrogen) atoms. The third-order valence-corrected chi connectivity index (χ3v) is 7.65. The van der Waals surface area contributed by atoms with Crippen LogP contribution in [0.15, 0.2) is 42.7 Å². The van der Waals surface area contributed by atoms with Crippen LogP contribution < -0.4 is 10.6 Å². The fraction of sp³-hybridized carbons (Fsp3) is 0.552. The van der Waals surface area contributed by atoms with Gasteiger partial charge in [-0.2, -0.15) is 5.10 Å². The lowest BCUT2D eigenvalue weighted by Crippen LogP contribution is -2.65. The normalized spacial score (nSPS) is 19.3. The molecule has 3 heterocycles. The number of ether oxygens (including phenoxy) is 2. The largest absolute Gasteiger partial charge is 0.444 e. The highest BCUT2D eigenvalue weighted by Gasteiger charge is 2.59. The van der Waals surface area contributed by atoms with E-state index in [2.05, 4.69) is 15.7 Å². The molecule has 2 saturated heterocycles. The van der Waals surface area contributed by atoms with Gasteiger partial charge in [0, 0.05) is 51.9 Å². The van der Waals surface area contributed by atoms with Crippen LogP contribution in [0.5, 0.6) is 0 Å². The maximum atomic E-state index is 13.7. The van der Waals surface area contributed by atoms with Gasteiger partial charge >= 0.3 is 6.09 Å². The monoisotopic (exact) mass is 568 g/mol. The van der Waals surface area contributed by atoms with Crippen molar-refractivity contribution in [3.63, 3.8) is 0 Å². The molecule has 2 aliphatic heterocycles. The van der Waals surface area contributed by atoms with Crippen LogP contribution in [-0.4, -0.2) is 101 Å². The van der Waals surface area contributed by atoms with Crippen LogP contribution in [0.4, 0.5) is 4.79 Å². The van der Waals surface area contributed by atoms with Gasteiger partial charge in [0.1, 0.15) is 11.6 Å². The number of nitrogens with zero attached hydrogens (tertiary/aromatic N) is 4. The van der Waals surface area contributed by atoms with Crippen molar-refractivity contribution in [3.05, 3.63) is 53.9 Å². The molecular formula is C29H40N6O6. The minimum absolute atomic E-state index is 0.137. The van der Waals surface area contributed by atoms with E-state index in [0.29, 0.717) is 12.1 Å². The molecular weight excluding hydrogens is 528 g/mol. The summed E-state index contributed by atoms with van der Waals surface area (Å²) >= 11 is 0.